The quantitative estimate of drug-likeness (QED) is 0.515. The van der Waals surface area contributed by atoms with Gasteiger partial charge in [-0.25, -0.2) is 0 Å². The lowest BCUT2D eigenvalue weighted by Gasteiger charge is -2.29. The van der Waals surface area contributed by atoms with Crippen LogP contribution in [-0.4, -0.2) is 47.6 Å². The number of para-hydroxylation sites is 1. The molecule has 4 N–H and O–H groups in total. The van der Waals surface area contributed by atoms with E-state index in [-0.39, 0.29) is 29.7 Å². The summed E-state index contributed by atoms with van der Waals surface area (Å²) in [6.07, 6.45) is 3.92. The van der Waals surface area contributed by atoms with Gasteiger partial charge < -0.3 is 25.7 Å². The third-order valence-corrected chi connectivity index (χ3v) is 6.20. The number of benzene rings is 1. The molecule has 0 saturated heterocycles. The van der Waals surface area contributed by atoms with Gasteiger partial charge in [0, 0.05) is 24.0 Å². The van der Waals surface area contributed by atoms with E-state index in [1.54, 1.807) is 6.92 Å². The number of carbonyl (C=O) groups is 3. The van der Waals surface area contributed by atoms with Gasteiger partial charge in [-0.1, -0.05) is 18.2 Å². The summed E-state index contributed by atoms with van der Waals surface area (Å²) in [7, 11) is 1.84. The molecule has 1 aromatic heterocycles. The van der Waals surface area contributed by atoms with Gasteiger partial charge in [-0.3, -0.25) is 14.4 Å². The van der Waals surface area contributed by atoms with Crippen molar-refractivity contribution in [3.63, 3.8) is 0 Å². The molecule has 0 spiro atoms. The van der Waals surface area contributed by atoms with Gasteiger partial charge in [0.05, 0.1) is 12.5 Å². The number of hydrogen-bond acceptors (Lipinski definition) is 5. The van der Waals surface area contributed by atoms with Crippen LogP contribution in [0.25, 0.3) is 10.9 Å². The highest BCUT2D eigenvalue weighted by molar-refractivity contribution is 6.00. The molecule has 0 bridgehead atoms. The van der Waals surface area contributed by atoms with Gasteiger partial charge >= 0.3 is 5.97 Å². The van der Waals surface area contributed by atoms with Crippen LogP contribution in [0.1, 0.15) is 55.9 Å². The smallest absolute Gasteiger partial charge is 0.308 e. The van der Waals surface area contributed by atoms with Gasteiger partial charge in [-0.2, -0.15) is 0 Å². The fourth-order valence-corrected chi connectivity index (χ4v) is 4.37. The topological polar surface area (TPSA) is 115 Å². The summed E-state index contributed by atoms with van der Waals surface area (Å²) in [6.45, 7) is 2.63. The number of esters is 1. The fourth-order valence-electron chi connectivity index (χ4n) is 4.37. The van der Waals surface area contributed by atoms with Crippen LogP contribution in [0.15, 0.2) is 30.3 Å². The summed E-state index contributed by atoms with van der Waals surface area (Å²) in [6, 6.07) is 8.93. The highest BCUT2D eigenvalue weighted by Crippen LogP contribution is 2.25. The molecule has 1 aromatic carbocycles. The predicted molar refractivity (Wildman–Crippen MR) is 123 cm³/mol. The molecule has 1 heterocycles. The molecule has 2 aromatic rings. The zero-order valence-electron chi connectivity index (χ0n) is 18.9. The number of aromatic nitrogens is 1. The zero-order chi connectivity index (χ0) is 23.1. The molecule has 2 amide bonds. The molecule has 174 valence electrons. The minimum absolute atomic E-state index is 0.0110. The first-order chi connectivity index (χ1) is 15.4. The van der Waals surface area contributed by atoms with E-state index in [1.807, 2.05) is 41.9 Å². The molecule has 8 nitrogen and oxygen atoms in total. The molecular weight excluding hydrogens is 408 g/mol. The van der Waals surface area contributed by atoms with E-state index in [0.717, 1.165) is 23.7 Å². The van der Waals surface area contributed by atoms with Gasteiger partial charge in [0.25, 0.3) is 5.91 Å². The van der Waals surface area contributed by atoms with Gasteiger partial charge in [-0.15, -0.1) is 0 Å². The number of nitrogens with one attached hydrogen (secondary N) is 2. The summed E-state index contributed by atoms with van der Waals surface area (Å²) in [5.41, 5.74) is 7.12. The number of ether oxygens (including phenoxy) is 1. The lowest BCUT2D eigenvalue weighted by molar-refractivity contribution is -0.149. The average Bonchev–Trinajstić information content (AvgIpc) is 3.14. The van der Waals surface area contributed by atoms with Crippen LogP contribution in [0.2, 0.25) is 0 Å². The zero-order valence-corrected chi connectivity index (χ0v) is 18.9. The SMILES string of the molecule is CCOC(=O)[C@H]1CC[C@@H](NC(=O)[C@H](CCCN)NC(=O)c2cc3ccccc3n2C)CC1. The van der Waals surface area contributed by atoms with Crippen molar-refractivity contribution in [2.45, 2.75) is 57.5 Å². The Labute approximate surface area is 188 Å². The second-order valence-electron chi connectivity index (χ2n) is 8.41. The maximum atomic E-state index is 13.0. The summed E-state index contributed by atoms with van der Waals surface area (Å²) in [4.78, 5) is 37.9. The molecule has 1 atom stereocenters. The minimum atomic E-state index is -0.660. The highest BCUT2D eigenvalue weighted by Gasteiger charge is 2.30. The first kappa shape index (κ1) is 23.8. The fraction of sp³-hybridized carbons (Fsp3) is 0.542. The van der Waals surface area contributed by atoms with Crippen LogP contribution < -0.4 is 16.4 Å². The Morgan fingerprint density at radius 1 is 1.19 bits per heavy atom. The number of amides is 2. The Balaban J connectivity index is 1.61. The Morgan fingerprint density at radius 2 is 1.91 bits per heavy atom. The maximum absolute atomic E-state index is 13.0. The molecule has 3 rings (SSSR count). The van der Waals surface area contributed by atoms with Crippen LogP contribution in [0.4, 0.5) is 0 Å². The van der Waals surface area contributed by atoms with Gasteiger partial charge in [-0.05, 0) is 64.1 Å². The number of fused-ring (bicyclic) bond motifs is 1. The van der Waals surface area contributed by atoms with E-state index in [4.69, 9.17) is 10.5 Å². The van der Waals surface area contributed by atoms with E-state index < -0.39 is 6.04 Å². The number of carbonyl (C=O) groups excluding carboxylic acids is 3. The van der Waals surface area contributed by atoms with Crippen molar-refractivity contribution < 1.29 is 19.1 Å². The highest BCUT2D eigenvalue weighted by atomic mass is 16.5. The van der Waals surface area contributed by atoms with Crippen LogP contribution >= 0.6 is 0 Å². The van der Waals surface area contributed by atoms with E-state index in [9.17, 15) is 14.4 Å². The van der Waals surface area contributed by atoms with Gasteiger partial charge in [0.15, 0.2) is 0 Å². The van der Waals surface area contributed by atoms with E-state index >= 15 is 0 Å². The largest absolute Gasteiger partial charge is 0.466 e. The van der Waals surface area contributed by atoms with Gasteiger partial charge in [0.1, 0.15) is 11.7 Å². The Kier molecular flexibility index (Phi) is 8.27. The standard InChI is InChI=1S/C24H34N4O4/c1-3-32-24(31)16-10-12-18(13-11-16)26-22(29)19(8-6-14-25)27-23(30)21-15-17-7-4-5-9-20(17)28(21)2/h4-5,7,9,15-16,18-19H,3,6,8,10-14,25H2,1-2H3,(H,26,29)(H,27,30)/t16-,18+,19-/m0/s1. The second kappa shape index (κ2) is 11.1. The third-order valence-electron chi connectivity index (χ3n) is 6.20. The molecule has 1 aliphatic carbocycles. The summed E-state index contributed by atoms with van der Waals surface area (Å²) in [5.74, 6) is -0.736. The summed E-state index contributed by atoms with van der Waals surface area (Å²) in [5, 5.41) is 6.94. The molecule has 1 saturated carbocycles. The van der Waals surface area contributed by atoms with E-state index in [0.29, 0.717) is 44.5 Å². The Morgan fingerprint density at radius 3 is 2.56 bits per heavy atom. The number of aryl methyl sites for hydroxylation is 1. The maximum Gasteiger partial charge on any atom is 0.308 e. The number of rotatable bonds is 9. The number of nitrogens with zero attached hydrogens (tertiary/aromatic N) is 1. The lowest BCUT2D eigenvalue weighted by Crippen LogP contribution is -2.50. The van der Waals surface area contributed by atoms with E-state index in [1.165, 1.54) is 0 Å². The Bertz CT molecular complexity index is 947. The van der Waals surface area contributed by atoms with E-state index in [2.05, 4.69) is 10.6 Å². The minimum Gasteiger partial charge on any atom is -0.466 e. The number of hydrogen-bond donors (Lipinski definition) is 3. The first-order valence-electron chi connectivity index (χ1n) is 11.5. The van der Waals surface area contributed by atoms with Crippen LogP contribution in [-0.2, 0) is 21.4 Å². The monoisotopic (exact) mass is 442 g/mol. The normalized spacial score (nSPS) is 19.3. The molecule has 32 heavy (non-hydrogen) atoms. The molecule has 0 radical (unpaired) electrons. The molecule has 0 aliphatic heterocycles. The third kappa shape index (κ3) is 5.68. The van der Waals surface area contributed by atoms with Crippen molar-refractivity contribution in [3.05, 3.63) is 36.0 Å². The van der Waals surface area contributed by atoms with Crippen molar-refractivity contribution in [2.24, 2.45) is 18.7 Å². The predicted octanol–water partition coefficient (Wildman–Crippen LogP) is 2.25. The summed E-state index contributed by atoms with van der Waals surface area (Å²) < 4.78 is 6.94. The van der Waals surface area contributed by atoms with Crippen LogP contribution in [0.5, 0.6) is 0 Å². The van der Waals surface area contributed by atoms with Crippen molar-refractivity contribution in [2.75, 3.05) is 13.2 Å². The first-order valence-corrected chi connectivity index (χ1v) is 11.5. The van der Waals surface area contributed by atoms with Crippen molar-refractivity contribution >= 4 is 28.7 Å². The van der Waals surface area contributed by atoms with Gasteiger partial charge in [0.2, 0.25) is 5.91 Å². The average molecular weight is 443 g/mol. The van der Waals surface area contributed by atoms with Crippen LogP contribution in [0, 0.1) is 5.92 Å². The second-order valence-corrected chi connectivity index (χ2v) is 8.41. The van der Waals surface area contributed by atoms with Crippen molar-refractivity contribution in [3.8, 4) is 0 Å². The van der Waals surface area contributed by atoms with Crippen molar-refractivity contribution in [1.82, 2.24) is 15.2 Å². The van der Waals surface area contributed by atoms with Crippen LogP contribution in [0.3, 0.4) is 0 Å². The Hall–Kier alpha value is -2.87. The molecular formula is C24H34N4O4. The molecule has 8 heteroatoms. The molecule has 0 unspecified atom stereocenters. The summed E-state index contributed by atoms with van der Waals surface area (Å²) >= 11 is 0. The molecule has 1 aliphatic rings. The lowest BCUT2D eigenvalue weighted by atomic mass is 9.86. The van der Waals surface area contributed by atoms with Crippen molar-refractivity contribution in [1.29, 1.82) is 0 Å². The number of nitrogens with two attached hydrogens (primary N) is 1. The molecule has 1 fully saturated rings.